The van der Waals surface area contributed by atoms with Gasteiger partial charge < -0.3 is 9.84 Å². The molecule has 0 bridgehead atoms. The third-order valence-electron chi connectivity index (χ3n) is 4.76. The molecule has 0 radical (unpaired) electrons. The number of aromatic nitrogens is 1. The van der Waals surface area contributed by atoms with Crippen LogP contribution in [0, 0.1) is 19.8 Å². The van der Waals surface area contributed by atoms with Gasteiger partial charge in [-0.3, -0.25) is 9.69 Å². The summed E-state index contributed by atoms with van der Waals surface area (Å²) < 4.78 is 5.30. The number of likely N-dealkylation sites (tertiary alicyclic amines) is 1. The molecule has 1 atom stereocenters. The molecular formula is C19H27N3O2S. The van der Waals surface area contributed by atoms with Gasteiger partial charge in [-0.05, 0) is 51.3 Å². The van der Waals surface area contributed by atoms with E-state index in [1.807, 2.05) is 19.9 Å². The predicted octanol–water partition coefficient (Wildman–Crippen LogP) is 4.08. The van der Waals surface area contributed by atoms with Crippen molar-refractivity contribution >= 4 is 17.2 Å². The van der Waals surface area contributed by atoms with Gasteiger partial charge in [-0.2, -0.15) is 0 Å². The van der Waals surface area contributed by atoms with Crippen molar-refractivity contribution in [2.75, 3.05) is 13.1 Å². The minimum atomic E-state index is 0.0419. The number of rotatable bonds is 6. The van der Waals surface area contributed by atoms with Crippen molar-refractivity contribution in [3.63, 3.8) is 0 Å². The summed E-state index contributed by atoms with van der Waals surface area (Å²) in [5.74, 6) is 1.41. The Hall–Kier alpha value is -1.66. The molecule has 2 aromatic heterocycles. The summed E-state index contributed by atoms with van der Waals surface area (Å²) in [4.78, 5) is 16.8. The van der Waals surface area contributed by atoms with Gasteiger partial charge in [0.05, 0.1) is 10.6 Å². The van der Waals surface area contributed by atoms with Gasteiger partial charge in [-0.25, -0.2) is 0 Å². The van der Waals surface area contributed by atoms with Crippen LogP contribution in [0.25, 0.3) is 0 Å². The van der Waals surface area contributed by atoms with E-state index in [0.717, 1.165) is 35.8 Å². The maximum absolute atomic E-state index is 12.3. The highest BCUT2D eigenvalue weighted by atomic mass is 32.1. The first-order valence-corrected chi connectivity index (χ1v) is 9.81. The van der Waals surface area contributed by atoms with Crippen LogP contribution in [-0.2, 0) is 6.54 Å². The lowest BCUT2D eigenvalue weighted by Crippen LogP contribution is -2.26. The van der Waals surface area contributed by atoms with Crippen LogP contribution in [0.15, 0.2) is 16.7 Å². The Morgan fingerprint density at radius 2 is 2.24 bits per heavy atom. The van der Waals surface area contributed by atoms with E-state index in [4.69, 9.17) is 4.52 Å². The number of thiophene rings is 1. The second-order valence-electron chi connectivity index (χ2n) is 7.24. The molecule has 1 aliphatic rings. The zero-order chi connectivity index (χ0) is 18.0. The largest absolute Gasteiger partial charge is 0.361 e. The minimum Gasteiger partial charge on any atom is -0.361 e. The molecular weight excluding hydrogens is 334 g/mol. The first-order chi connectivity index (χ1) is 12.0. The molecule has 1 aliphatic heterocycles. The number of hydrogen-bond donors (Lipinski definition) is 1. The Balaban J connectivity index is 1.69. The fraction of sp³-hybridized carbons (Fsp3) is 0.579. The molecule has 0 spiro atoms. The van der Waals surface area contributed by atoms with E-state index in [2.05, 4.69) is 35.3 Å². The third kappa shape index (κ3) is 4.12. The summed E-state index contributed by atoms with van der Waals surface area (Å²) in [5, 5.41) is 7.07. The predicted molar refractivity (Wildman–Crippen MR) is 99.9 cm³/mol. The molecule has 0 saturated carbocycles. The molecule has 1 N–H and O–H groups in total. The van der Waals surface area contributed by atoms with Gasteiger partial charge in [0.2, 0.25) is 0 Å². The molecule has 3 heterocycles. The molecule has 3 rings (SSSR count). The van der Waals surface area contributed by atoms with Crippen LogP contribution in [0.4, 0.5) is 0 Å². The van der Waals surface area contributed by atoms with Crippen LogP contribution in [0.1, 0.15) is 64.3 Å². The highest BCUT2D eigenvalue weighted by Gasteiger charge is 2.29. The fourth-order valence-corrected chi connectivity index (χ4v) is 4.40. The number of aryl methyl sites for hydroxylation is 2. The minimum absolute atomic E-state index is 0.0419. The second kappa shape index (κ2) is 7.70. The number of nitrogens with one attached hydrogen (secondary N) is 1. The van der Waals surface area contributed by atoms with Gasteiger partial charge in [0.25, 0.3) is 5.91 Å². The molecule has 0 unspecified atom stereocenters. The molecule has 0 aromatic carbocycles. The monoisotopic (exact) mass is 361 g/mol. The number of nitrogens with zero attached hydrogens (tertiary/aromatic N) is 2. The lowest BCUT2D eigenvalue weighted by molar-refractivity contribution is 0.0953. The van der Waals surface area contributed by atoms with Crippen LogP contribution < -0.4 is 5.32 Å². The van der Waals surface area contributed by atoms with Gasteiger partial charge in [0, 0.05) is 29.6 Å². The van der Waals surface area contributed by atoms with Crippen molar-refractivity contribution in [3.05, 3.63) is 38.9 Å². The molecule has 6 heteroatoms. The van der Waals surface area contributed by atoms with Crippen molar-refractivity contribution in [2.45, 2.75) is 53.1 Å². The standard InChI is InChI=1S/C19H27N3O2S/c1-12(2)10-20-19(23)18-8-7-17(25-18)16-6-5-9-22(16)11-15-13(3)21-24-14(15)4/h7-8,12,16H,5-6,9-11H2,1-4H3,(H,20,23)/t16-/m1/s1. The van der Waals surface area contributed by atoms with Gasteiger partial charge >= 0.3 is 0 Å². The van der Waals surface area contributed by atoms with Crippen molar-refractivity contribution in [2.24, 2.45) is 5.92 Å². The smallest absolute Gasteiger partial charge is 0.261 e. The molecule has 2 aromatic rings. The highest BCUT2D eigenvalue weighted by molar-refractivity contribution is 7.14. The van der Waals surface area contributed by atoms with Crippen LogP contribution >= 0.6 is 11.3 Å². The second-order valence-corrected chi connectivity index (χ2v) is 8.35. The number of amides is 1. The molecule has 0 aliphatic carbocycles. The summed E-state index contributed by atoms with van der Waals surface area (Å²) in [6.45, 7) is 10.8. The number of hydrogen-bond acceptors (Lipinski definition) is 5. The van der Waals surface area contributed by atoms with Crippen molar-refractivity contribution in [3.8, 4) is 0 Å². The fourth-order valence-electron chi connectivity index (χ4n) is 3.31. The molecule has 1 fully saturated rings. The Morgan fingerprint density at radius 3 is 2.92 bits per heavy atom. The summed E-state index contributed by atoms with van der Waals surface area (Å²) in [6.07, 6.45) is 2.32. The van der Waals surface area contributed by atoms with Crippen LogP contribution in [-0.4, -0.2) is 29.1 Å². The number of carbonyl (C=O) groups excluding carboxylic acids is 1. The SMILES string of the molecule is Cc1noc(C)c1CN1CCC[C@@H]1c1ccc(C(=O)NCC(C)C)s1. The lowest BCUT2D eigenvalue weighted by Gasteiger charge is -2.23. The average molecular weight is 362 g/mol. The van der Waals surface area contributed by atoms with E-state index in [1.54, 1.807) is 11.3 Å². The zero-order valence-corrected chi connectivity index (χ0v) is 16.3. The Kier molecular flexibility index (Phi) is 5.59. The maximum atomic E-state index is 12.3. The van der Waals surface area contributed by atoms with Gasteiger partial charge in [-0.15, -0.1) is 11.3 Å². The van der Waals surface area contributed by atoms with E-state index in [1.165, 1.54) is 16.9 Å². The topological polar surface area (TPSA) is 58.4 Å². The first-order valence-electron chi connectivity index (χ1n) is 8.99. The molecule has 1 amide bonds. The maximum Gasteiger partial charge on any atom is 0.261 e. The molecule has 25 heavy (non-hydrogen) atoms. The van der Waals surface area contributed by atoms with Crippen molar-refractivity contribution in [1.29, 1.82) is 0 Å². The number of carbonyl (C=O) groups is 1. The average Bonchev–Trinajstić information content (AvgIpc) is 3.29. The lowest BCUT2D eigenvalue weighted by atomic mass is 10.1. The van der Waals surface area contributed by atoms with Crippen molar-refractivity contribution in [1.82, 2.24) is 15.4 Å². The summed E-state index contributed by atoms with van der Waals surface area (Å²) >= 11 is 1.62. The molecule has 1 saturated heterocycles. The summed E-state index contributed by atoms with van der Waals surface area (Å²) in [7, 11) is 0. The van der Waals surface area contributed by atoms with Gasteiger partial charge in [-0.1, -0.05) is 19.0 Å². The summed E-state index contributed by atoms with van der Waals surface area (Å²) in [6, 6.07) is 4.46. The third-order valence-corrected chi connectivity index (χ3v) is 5.94. The first kappa shape index (κ1) is 18.1. The molecule has 136 valence electrons. The van der Waals surface area contributed by atoms with E-state index < -0.39 is 0 Å². The quantitative estimate of drug-likeness (QED) is 0.842. The Morgan fingerprint density at radius 1 is 1.44 bits per heavy atom. The molecule has 5 nitrogen and oxygen atoms in total. The van der Waals surface area contributed by atoms with E-state index in [9.17, 15) is 4.79 Å². The zero-order valence-electron chi connectivity index (χ0n) is 15.5. The van der Waals surface area contributed by atoms with Crippen molar-refractivity contribution < 1.29 is 9.32 Å². The van der Waals surface area contributed by atoms with E-state index in [-0.39, 0.29) is 5.91 Å². The summed E-state index contributed by atoms with van der Waals surface area (Å²) in [5.41, 5.74) is 2.17. The Labute approximate surface area is 153 Å². The van der Waals surface area contributed by atoms with Crippen LogP contribution in [0.5, 0.6) is 0 Å². The van der Waals surface area contributed by atoms with E-state index in [0.29, 0.717) is 18.5 Å². The highest BCUT2D eigenvalue weighted by Crippen LogP contribution is 2.37. The normalized spacial score (nSPS) is 18.2. The Bertz CT molecular complexity index is 715. The van der Waals surface area contributed by atoms with Gasteiger partial charge in [0.15, 0.2) is 0 Å². The van der Waals surface area contributed by atoms with Gasteiger partial charge in [0.1, 0.15) is 5.76 Å². The van der Waals surface area contributed by atoms with Crippen LogP contribution in [0.3, 0.4) is 0 Å². The van der Waals surface area contributed by atoms with E-state index >= 15 is 0 Å². The van der Waals surface area contributed by atoms with Crippen LogP contribution in [0.2, 0.25) is 0 Å².